The molecule has 3 aliphatic rings. The van der Waals surface area contributed by atoms with Gasteiger partial charge in [0.25, 0.3) is 0 Å². The topological polar surface area (TPSA) is 68.0 Å². The maximum Gasteiger partial charge on any atom is 0.171 e. The summed E-state index contributed by atoms with van der Waals surface area (Å²) in [7, 11) is 0. The zero-order chi connectivity index (χ0) is 24.8. The third-order valence-electron chi connectivity index (χ3n) is 7.79. The third-order valence-corrected chi connectivity index (χ3v) is 7.79. The second-order valence-corrected chi connectivity index (χ2v) is 9.99. The van der Waals surface area contributed by atoms with E-state index >= 15 is 0 Å². The summed E-state index contributed by atoms with van der Waals surface area (Å²) in [4.78, 5) is 14.1. The Morgan fingerprint density at radius 1 is 0.919 bits per heavy atom. The first-order valence-corrected chi connectivity index (χ1v) is 13.0. The number of rotatable bonds is 4. The summed E-state index contributed by atoms with van der Waals surface area (Å²) in [6.07, 6.45) is 5.51. The van der Waals surface area contributed by atoms with Crippen LogP contribution in [0.2, 0.25) is 0 Å². The lowest BCUT2D eigenvalue weighted by Crippen LogP contribution is -2.45. The monoisotopic (exact) mass is 500 g/mol. The molecule has 4 aromatic rings. The minimum absolute atomic E-state index is 0.101. The highest BCUT2D eigenvalue weighted by Gasteiger charge is 2.40. The van der Waals surface area contributed by atoms with Gasteiger partial charge in [0.2, 0.25) is 0 Å². The lowest BCUT2D eigenvalue weighted by molar-refractivity contribution is -0.169. The molecule has 3 aromatic heterocycles. The molecule has 0 amide bonds. The molecule has 6 heterocycles. The number of fused-ring (bicyclic) bond motifs is 1. The number of nitrogens with zero attached hydrogens (tertiary/aromatic N) is 6. The van der Waals surface area contributed by atoms with Crippen LogP contribution in [0.1, 0.15) is 37.3 Å². The molecular weight excluding hydrogens is 471 g/mol. The van der Waals surface area contributed by atoms with E-state index in [0.717, 1.165) is 79.6 Å². The van der Waals surface area contributed by atoms with Crippen LogP contribution in [0.5, 0.6) is 0 Å². The summed E-state index contributed by atoms with van der Waals surface area (Å²) in [5.41, 5.74) is 3.42. The number of pyridine rings is 1. The van der Waals surface area contributed by atoms with Gasteiger partial charge < -0.3 is 19.3 Å². The average molecular weight is 501 g/mol. The Kier molecular flexibility index (Phi) is 5.55. The second kappa shape index (κ2) is 9.08. The van der Waals surface area contributed by atoms with Crippen LogP contribution in [0.15, 0.2) is 60.8 Å². The fourth-order valence-electron chi connectivity index (χ4n) is 5.90. The smallest absolute Gasteiger partial charge is 0.171 e. The van der Waals surface area contributed by atoms with Gasteiger partial charge in [0, 0.05) is 32.5 Å². The number of aromatic nitrogens is 4. The molecule has 190 valence electrons. The van der Waals surface area contributed by atoms with Crippen LogP contribution < -0.4 is 9.80 Å². The van der Waals surface area contributed by atoms with Gasteiger partial charge >= 0.3 is 0 Å². The molecule has 1 atom stereocenters. The maximum atomic E-state index is 13.9. The molecular formula is C28H29FN6O2. The first kappa shape index (κ1) is 22.6. The molecule has 7 rings (SSSR count). The minimum Gasteiger partial charge on any atom is -0.356 e. The van der Waals surface area contributed by atoms with Gasteiger partial charge in [-0.05, 0) is 54.8 Å². The standard InChI is InChI=1S/C28H29FN6O2/c29-21-5-1-4-20(18-21)23-7-3-13-34(23)27-10-9-25-30-19-24(35(25)32-27)22-6-2-8-26(31-22)33-14-11-28(12-15-33)36-16-17-37-28/h1-2,4-6,8-10,18-19,23H,3,7,11-17H2/t23-/m1/s1. The molecule has 3 saturated heterocycles. The molecule has 37 heavy (non-hydrogen) atoms. The molecule has 0 N–H and O–H groups in total. The van der Waals surface area contributed by atoms with Crippen molar-refractivity contribution in [1.29, 1.82) is 0 Å². The summed E-state index contributed by atoms with van der Waals surface area (Å²) in [6.45, 7) is 3.90. The van der Waals surface area contributed by atoms with Gasteiger partial charge in [-0.2, -0.15) is 0 Å². The zero-order valence-electron chi connectivity index (χ0n) is 20.6. The van der Waals surface area contributed by atoms with E-state index in [1.807, 2.05) is 47.1 Å². The van der Waals surface area contributed by atoms with Crippen molar-refractivity contribution in [2.24, 2.45) is 0 Å². The van der Waals surface area contributed by atoms with Gasteiger partial charge in [0.15, 0.2) is 11.4 Å². The van der Waals surface area contributed by atoms with Gasteiger partial charge in [0.1, 0.15) is 23.1 Å². The fourth-order valence-corrected chi connectivity index (χ4v) is 5.90. The van der Waals surface area contributed by atoms with E-state index in [2.05, 4.69) is 14.8 Å². The summed E-state index contributed by atoms with van der Waals surface area (Å²) in [6, 6.07) is 17.1. The number of hydrogen-bond donors (Lipinski definition) is 0. The van der Waals surface area contributed by atoms with Crippen LogP contribution in [0, 0.1) is 5.82 Å². The van der Waals surface area contributed by atoms with E-state index in [-0.39, 0.29) is 11.9 Å². The van der Waals surface area contributed by atoms with Gasteiger partial charge in [-0.3, -0.25) is 0 Å². The number of benzene rings is 1. The van der Waals surface area contributed by atoms with Crippen molar-refractivity contribution in [3.8, 4) is 11.4 Å². The Bertz CT molecular complexity index is 1430. The highest BCUT2D eigenvalue weighted by Crippen LogP contribution is 2.36. The largest absolute Gasteiger partial charge is 0.356 e. The van der Waals surface area contributed by atoms with Crippen LogP contribution in [0.3, 0.4) is 0 Å². The van der Waals surface area contributed by atoms with Gasteiger partial charge in [0.05, 0.1) is 31.1 Å². The molecule has 3 aliphatic heterocycles. The number of imidazole rings is 1. The second-order valence-electron chi connectivity index (χ2n) is 9.99. The predicted octanol–water partition coefficient (Wildman–Crippen LogP) is 4.62. The molecule has 0 bridgehead atoms. The predicted molar refractivity (Wildman–Crippen MR) is 138 cm³/mol. The van der Waals surface area contributed by atoms with E-state index in [9.17, 15) is 4.39 Å². The number of anilines is 2. The van der Waals surface area contributed by atoms with E-state index in [1.54, 1.807) is 12.1 Å². The fraction of sp³-hybridized carbons (Fsp3) is 0.393. The molecule has 0 radical (unpaired) electrons. The lowest BCUT2D eigenvalue weighted by atomic mass is 10.0. The van der Waals surface area contributed by atoms with Crippen molar-refractivity contribution in [2.75, 3.05) is 42.6 Å². The number of halogens is 1. The maximum absolute atomic E-state index is 13.9. The molecule has 0 unspecified atom stereocenters. The van der Waals surface area contributed by atoms with E-state index in [1.165, 1.54) is 6.07 Å². The van der Waals surface area contributed by atoms with Crippen molar-refractivity contribution in [1.82, 2.24) is 19.6 Å². The van der Waals surface area contributed by atoms with Crippen molar-refractivity contribution in [3.05, 3.63) is 72.2 Å². The lowest BCUT2D eigenvalue weighted by Gasteiger charge is -2.38. The average Bonchev–Trinajstić information content (AvgIpc) is 3.69. The van der Waals surface area contributed by atoms with Crippen molar-refractivity contribution >= 4 is 17.3 Å². The summed E-state index contributed by atoms with van der Waals surface area (Å²) in [5, 5.41) is 4.98. The van der Waals surface area contributed by atoms with Crippen LogP contribution in [0.25, 0.3) is 17.0 Å². The number of ether oxygens (including phenoxy) is 2. The minimum atomic E-state index is -0.408. The molecule has 3 fully saturated rings. The number of hydrogen-bond acceptors (Lipinski definition) is 7. The molecule has 0 saturated carbocycles. The normalized spacial score (nSPS) is 21.4. The quantitative estimate of drug-likeness (QED) is 0.405. The summed E-state index contributed by atoms with van der Waals surface area (Å²) in [5.74, 6) is 1.17. The first-order valence-electron chi connectivity index (χ1n) is 13.0. The molecule has 1 spiro atoms. The van der Waals surface area contributed by atoms with Crippen LogP contribution in [0.4, 0.5) is 16.0 Å². The molecule has 8 nitrogen and oxygen atoms in total. The highest BCUT2D eigenvalue weighted by molar-refractivity contribution is 5.62. The van der Waals surface area contributed by atoms with Gasteiger partial charge in [-0.1, -0.05) is 18.2 Å². The van der Waals surface area contributed by atoms with E-state index in [0.29, 0.717) is 13.2 Å². The highest BCUT2D eigenvalue weighted by atomic mass is 19.1. The summed E-state index contributed by atoms with van der Waals surface area (Å²) < 4.78 is 27.6. The SMILES string of the molecule is Fc1cccc([C@H]2CCCN2c2ccc3ncc(-c4cccc(N5CCC6(CC5)OCCO6)n4)n3n2)c1. The molecule has 9 heteroatoms. The van der Waals surface area contributed by atoms with Gasteiger partial charge in [-0.15, -0.1) is 5.10 Å². The van der Waals surface area contributed by atoms with E-state index in [4.69, 9.17) is 19.6 Å². The third kappa shape index (κ3) is 4.12. The molecule has 0 aliphatic carbocycles. The first-order chi connectivity index (χ1) is 18.2. The summed E-state index contributed by atoms with van der Waals surface area (Å²) >= 11 is 0. The Morgan fingerprint density at radius 3 is 2.59 bits per heavy atom. The van der Waals surface area contributed by atoms with Crippen LogP contribution in [-0.4, -0.2) is 58.2 Å². The Hall–Kier alpha value is -3.56. The van der Waals surface area contributed by atoms with Crippen molar-refractivity contribution in [2.45, 2.75) is 37.5 Å². The van der Waals surface area contributed by atoms with E-state index < -0.39 is 5.79 Å². The Balaban J connectivity index is 1.17. The number of piperidine rings is 1. The Morgan fingerprint density at radius 2 is 1.76 bits per heavy atom. The Labute approximate surface area is 214 Å². The zero-order valence-corrected chi connectivity index (χ0v) is 20.6. The van der Waals surface area contributed by atoms with Crippen molar-refractivity contribution < 1.29 is 13.9 Å². The van der Waals surface area contributed by atoms with Crippen LogP contribution in [-0.2, 0) is 9.47 Å². The van der Waals surface area contributed by atoms with Gasteiger partial charge in [-0.25, -0.2) is 18.9 Å². The van der Waals surface area contributed by atoms with Crippen LogP contribution >= 0.6 is 0 Å². The molecule has 1 aromatic carbocycles. The van der Waals surface area contributed by atoms with Crippen molar-refractivity contribution in [3.63, 3.8) is 0 Å².